The second kappa shape index (κ2) is 13.6. The standard InChI is InChI=1S/C22H31N5O8/c1-11(2)18(24)21(33)26-14(10-17(29)30)20(32)25-13(9-16(23)28)19(31)27-15(22(34)35)8-12-6-4-3-5-7-12/h3-7,11,13-15,18H,8-10,24H2,1-2H3,(H2,23,28)(H,25,32)(H,26,33)(H,27,31)(H,29,30)(H,34,35). The van der Waals surface area contributed by atoms with Crippen LogP contribution in [0.15, 0.2) is 30.3 Å². The molecule has 0 saturated heterocycles. The quantitative estimate of drug-likeness (QED) is 0.153. The van der Waals surface area contributed by atoms with Crippen molar-refractivity contribution < 1.29 is 39.0 Å². The normalized spacial score (nSPS) is 14.2. The maximum Gasteiger partial charge on any atom is 0.326 e. The Balaban J connectivity index is 3.03. The smallest absolute Gasteiger partial charge is 0.326 e. The number of amides is 4. The third-order valence-electron chi connectivity index (χ3n) is 4.97. The highest BCUT2D eigenvalue weighted by atomic mass is 16.4. The van der Waals surface area contributed by atoms with Crippen molar-refractivity contribution >= 4 is 35.6 Å². The molecule has 0 aliphatic carbocycles. The number of carbonyl (C=O) groups excluding carboxylic acids is 4. The zero-order valence-corrected chi connectivity index (χ0v) is 19.4. The summed E-state index contributed by atoms with van der Waals surface area (Å²) in [4.78, 5) is 72.1. The van der Waals surface area contributed by atoms with Gasteiger partial charge in [0.1, 0.15) is 18.1 Å². The summed E-state index contributed by atoms with van der Waals surface area (Å²) >= 11 is 0. The summed E-state index contributed by atoms with van der Waals surface area (Å²) in [7, 11) is 0. The van der Waals surface area contributed by atoms with Crippen molar-refractivity contribution in [1.82, 2.24) is 16.0 Å². The maximum absolute atomic E-state index is 12.8. The Morgan fingerprint density at radius 2 is 1.29 bits per heavy atom. The summed E-state index contributed by atoms with van der Waals surface area (Å²) in [6.45, 7) is 3.30. The number of primary amides is 1. The van der Waals surface area contributed by atoms with E-state index in [1.165, 1.54) is 0 Å². The summed E-state index contributed by atoms with van der Waals surface area (Å²) < 4.78 is 0. The summed E-state index contributed by atoms with van der Waals surface area (Å²) in [5.41, 5.74) is 11.5. The number of benzene rings is 1. The number of carbonyl (C=O) groups is 6. The van der Waals surface area contributed by atoms with Gasteiger partial charge in [-0.2, -0.15) is 0 Å². The molecule has 0 radical (unpaired) electrons. The molecule has 13 nitrogen and oxygen atoms in total. The molecule has 0 heterocycles. The van der Waals surface area contributed by atoms with E-state index in [9.17, 15) is 33.9 Å². The highest BCUT2D eigenvalue weighted by molar-refractivity contribution is 5.97. The van der Waals surface area contributed by atoms with E-state index in [4.69, 9.17) is 16.6 Å². The lowest BCUT2D eigenvalue weighted by Gasteiger charge is -2.24. The van der Waals surface area contributed by atoms with E-state index < -0.39 is 72.6 Å². The molecular weight excluding hydrogens is 462 g/mol. The molecule has 0 bridgehead atoms. The third kappa shape index (κ3) is 10.2. The number of carboxylic acid groups (broad SMARTS) is 2. The first-order valence-electron chi connectivity index (χ1n) is 10.7. The van der Waals surface area contributed by atoms with Gasteiger partial charge in [0.25, 0.3) is 0 Å². The van der Waals surface area contributed by atoms with E-state index in [0.717, 1.165) is 0 Å². The number of carboxylic acids is 2. The second-order valence-corrected chi connectivity index (χ2v) is 8.25. The van der Waals surface area contributed by atoms with Gasteiger partial charge in [0, 0.05) is 6.42 Å². The molecule has 0 aliphatic rings. The Labute approximate surface area is 201 Å². The number of rotatable bonds is 14. The van der Waals surface area contributed by atoms with Crippen LogP contribution in [0.2, 0.25) is 0 Å². The Kier molecular flexibility index (Phi) is 11.3. The minimum absolute atomic E-state index is 0.0794. The highest BCUT2D eigenvalue weighted by Crippen LogP contribution is 2.06. The first-order valence-corrected chi connectivity index (χ1v) is 10.7. The lowest BCUT2D eigenvalue weighted by Crippen LogP contribution is -2.58. The van der Waals surface area contributed by atoms with Crippen molar-refractivity contribution in [3.63, 3.8) is 0 Å². The van der Waals surface area contributed by atoms with E-state index in [-0.39, 0.29) is 12.3 Å². The Morgan fingerprint density at radius 1 is 0.800 bits per heavy atom. The average Bonchev–Trinajstić information content (AvgIpc) is 2.76. The molecule has 0 spiro atoms. The van der Waals surface area contributed by atoms with Crippen molar-refractivity contribution in [3.8, 4) is 0 Å². The van der Waals surface area contributed by atoms with Crippen LogP contribution in [0.4, 0.5) is 0 Å². The van der Waals surface area contributed by atoms with Crippen molar-refractivity contribution in [1.29, 1.82) is 0 Å². The SMILES string of the molecule is CC(C)C(N)C(=O)NC(CC(=O)O)C(=O)NC(CC(N)=O)C(=O)NC(Cc1ccccc1)C(=O)O. The third-order valence-corrected chi connectivity index (χ3v) is 4.97. The van der Waals surface area contributed by atoms with Crippen LogP contribution in [0, 0.1) is 5.92 Å². The monoisotopic (exact) mass is 493 g/mol. The van der Waals surface area contributed by atoms with E-state index in [2.05, 4.69) is 16.0 Å². The zero-order valence-electron chi connectivity index (χ0n) is 19.4. The molecule has 35 heavy (non-hydrogen) atoms. The molecule has 4 unspecified atom stereocenters. The van der Waals surface area contributed by atoms with Crippen molar-refractivity contribution in [2.45, 2.75) is 57.3 Å². The van der Waals surface area contributed by atoms with Crippen LogP contribution in [0.1, 0.15) is 32.3 Å². The number of nitrogens with one attached hydrogen (secondary N) is 3. The molecule has 192 valence electrons. The van der Waals surface area contributed by atoms with E-state index in [1.807, 2.05) is 0 Å². The van der Waals surface area contributed by atoms with Gasteiger partial charge in [0.05, 0.1) is 18.9 Å². The van der Waals surface area contributed by atoms with E-state index in [1.54, 1.807) is 44.2 Å². The summed E-state index contributed by atoms with van der Waals surface area (Å²) in [5, 5.41) is 25.3. The largest absolute Gasteiger partial charge is 0.481 e. The van der Waals surface area contributed by atoms with Crippen molar-refractivity contribution in [2.75, 3.05) is 0 Å². The summed E-state index contributed by atoms with van der Waals surface area (Å²) in [5.74, 6) is -6.98. The lowest BCUT2D eigenvalue weighted by molar-refractivity contribution is -0.143. The fraction of sp³-hybridized carbons (Fsp3) is 0.455. The molecule has 9 N–H and O–H groups in total. The molecule has 0 saturated carbocycles. The van der Waals surface area contributed by atoms with Crippen LogP contribution in [-0.4, -0.2) is 69.9 Å². The number of nitrogens with two attached hydrogens (primary N) is 2. The van der Waals surface area contributed by atoms with Gasteiger partial charge in [-0.3, -0.25) is 24.0 Å². The highest BCUT2D eigenvalue weighted by Gasteiger charge is 2.32. The maximum atomic E-state index is 12.8. The van der Waals surface area contributed by atoms with Gasteiger partial charge in [-0.15, -0.1) is 0 Å². The number of aliphatic carboxylic acids is 2. The van der Waals surface area contributed by atoms with Crippen LogP contribution in [0.25, 0.3) is 0 Å². The average molecular weight is 494 g/mol. The summed E-state index contributed by atoms with van der Waals surface area (Å²) in [6.07, 6.45) is -1.61. The molecule has 0 aromatic heterocycles. The predicted octanol–water partition coefficient (Wildman–Crippen LogP) is -1.90. The molecule has 13 heteroatoms. The van der Waals surface area contributed by atoms with Gasteiger partial charge >= 0.3 is 11.9 Å². The number of hydrogen-bond acceptors (Lipinski definition) is 7. The second-order valence-electron chi connectivity index (χ2n) is 8.25. The lowest BCUT2D eigenvalue weighted by atomic mass is 10.0. The Bertz CT molecular complexity index is 937. The molecule has 1 rings (SSSR count). The fourth-order valence-corrected chi connectivity index (χ4v) is 2.96. The van der Waals surface area contributed by atoms with Gasteiger partial charge < -0.3 is 37.6 Å². The molecule has 1 aromatic rings. The molecule has 0 fully saturated rings. The molecule has 0 aliphatic heterocycles. The van der Waals surface area contributed by atoms with Crippen LogP contribution in [0.5, 0.6) is 0 Å². The summed E-state index contributed by atoms with van der Waals surface area (Å²) in [6, 6.07) is 2.77. The van der Waals surface area contributed by atoms with E-state index in [0.29, 0.717) is 5.56 Å². The predicted molar refractivity (Wildman–Crippen MR) is 122 cm³/mol. The van der Waals surface area contributed by atoms with Crippen molar-refractivity contribution in [3.05, 3.63) is 35.9 Å². The van der Waals surface area contributed by atoms with Crippen LogP contribution >= 0.6 is 0 Å². The van der Waals surface area contributed by atoms with Crippen LogP contribution in [0.3, 0.4) is 0 Å². The fourth-order valence-electron chi connectivity index (χ4n) is 2.96. The van der Waals surface area contributed by atoms with Crippen LogP contribution in [-0.2, 0) is 35.2 Å². The number of hydrogen-bond donors (Lipinski definition) is 7. The first-order chi connectivity index (χ1) is 16.3. The topological polar surface area (TPSA) is 231 Å². The van der Waals surface area contributed by atoms with Crippen molar-refractivity contribution in [2.24, 2.45) is 17.4 Å². The van der Waals surface area contributed by atoms with Gasteiger partial charge in [-0.1, -0.05) is 44.2 Å². The van der Waals surface area contributed by atoms with Gasteiger partial charge in [0.2, 0.25) is 23.6 Å². The molecular formula is C22H31N5O8. The van der Waals surface area contributed by atoms with Gasteiger partial charge in [0.15, 0.2) is 0 Å². The minimum atomic E-state index is -1.62. The molecule has 4 amide bonds. The zero-order chi connectivity index (χ0) is 26.7. The first kappa shape index (κ1) is 29.0. The van der Waals surface area contributed by atoms with E-state index >= 15 is 0 Å². The minimum Gasteiger partial charge on any atom is -0.481 e. The van der Waals surface area contributed by atoms with Gasteiger partial charge in [-0.05, 0) is 11.5 Å². The van der Waals surface area contributed by atoms with Crippen LogP contribution < -0.4 is 27.4 Å². The molecule has 1 aromatic carbocycles. The Hall–Kier alpha value is -4.00. The van der Waals surface area contributed by atoms with Gasteiger partial charge in [-0.25, -0.2) is 4.79 Å². The Morgan fingerprint density at radius 3 is 1.74 bits per heavy atom. The molecule has 4 atom stereocenters.